The molecule has 0 saturated heterocycles. The topological polar surface area (TPSA) is 8.17 Å². The van der Waals surface area contributed by atoms with Gasteiger partial charge in [0.2, 0.25) is 0 Å². The number of para-hydroxylation sites is 3. The summed E-state index contributed by atoms with van der Waals surface area (Å²) in [5, 5.41) is 7.56. The number of nitrogens with zero attached hydrogens (tertiary/aromatic N) is 2. The SMILES string of the molecule is c1ccc(N(c2cccc(-c3cccc(-c4cccc5c4c4ccccc4n5-c4ccccc4)c3)c2)c2ccc3c(ccc4ccccc43)c2)cc1. The largest absolute Gasteiger partial charge is 0.310 e. The maximum atomic E-state index is 2.38. The highest BCUT2D eigenvalue weighted by molar-refractivity contribution is 6.16. The number of benzene rings is 9. The van der Waals surface area contributed by atoms with Crippen LogP contribution in [0.2, 0.25) is 0 Å². The zero-order valence-electron chi connectivity index (χ0n) is 28.5. The minimum atomic E-state index is 1.11. The molecule has 9 aromatic carbocycles. The molecule has 244 valence electrons. The van der Waals surface area contributed by atoms with E-state index in [2.05, 4.69) is 216 Å². The van der Waals surface area contributed by atoms with Gasteiger partial charge in [-0.05, 0) is 111 Å². The van der Waals surface area contributed by atoms with Gasteiger partial charge in [0.05, 0.1) is 11.0 Å². The molecule has 0 radical (unpaired) electrons. The van der Waals surface area contributed by atoms with E-state index in [0.717, 1.165) is 17.1 Å². The van der Waals surface area contributed by atoms with Crippen molar-refractivity contribution in [3.05, 3.63) is 206 Å². The molecule has 2 heteroatoms. The Kier molecular flexibility index (Phi) is 7.18. The molecule has 1 heterocycles. The van der Waals surface area contributed by atoms with Gasteiger partial charge in [0.25, 0.3) is 0 Å². The van der Waals surface area contributed by atoms with Crippen molar-refractivity contribution in [3.63, 3.8) is 0 Å². The summed E-state index contributed by atoms with van der Waals surface area (Å²) in [6.07, 6.45) is 0. The number of fused-ring (bicyclic) bond motifs is 6. The summed E-state index contributed by atoms with van der Waals surface area (Å²) in [6.45, 7) is 0. The molecule has 10 rings (SSSR count). The van der Waals surface area contributed by atoms with Gasteiger partial charge in [-0.3, -0.25) is 0 Å². The molecule has 2 nitrogen and oxygen atoms in total. The first-order valence-corrected chi connectivity index (χ1v) is 17.9. The number of anilines is 3. The Labute approximate surface area is 303 Å². The van der Waals surface area contributed by atoms with Crippen LogP contribution in [0.15, 0.2) is 206 Å². The highest BCUT2D eigenvalue weighted by Gasteiger charge is 2.17. The number of hydrogen-bond donors (Lipinski definition) is 0. The van der Waals surface area contributed by atoms with E-state index in [-0.39, 0.29) is 0 Å². The lowest BCUT2D eigenvalue weighted by Crippen LogP contribution is -2.09. The maximum Gasteiger partial charge on any atom is 0.0547 e. The van der Waals surface area contributed by atoms with Crippen molar-refractivity contribution in [2.24, 2.45) is 0 Å². The molecule has 0 aliphatic carbocycles. The van der Waals surface area contributed by atoms with Gasteiger partial charge in [0, 0.05) is 33.5 Å². The third-order valence-electron chi connectivity index (χ3n) is 10.3. The van der Waals surface area contributed by atoms with Crippen molar-refractivity contribution in [1.82, 2.24) is 4.57 Å². The fraction of sp³-hybridized carbons (Fsp3) is 0. The number of aromatic nitrogens is 1. The predicted octanol–water partition coefficient (Wildman–Crippen LogP) is 13.9. The molecule has 10 aromatic rings. The van der Waals surface area contributed by atoms with E-state index in [1.165, 1.54) is 71.3 Å². The van der Waals surface area contributed by atoms with Crippen molar-refractivity contribution in [2.75, 3.05) is 4.90 Å². The Morgan fingerprint density at radius 3 is 1.79 bits per heavy atom. The van der Waals surface area contributed by atoms with Gasteiger partial charge in [0.15, 0.2) is 0 Å². The Hall–Kier alpha value is -6.90. The van der Waals surface area contributed by atoms with Crippen LogP contribution < -0.4 is 4.90 Å². The van der Waals surface area contributed by atoms with Crippen LogP contribution >= 0.6 is 0 Å². The molecule has 1 aromatic heterocycles. The molecule has 0 fully saturated rings. The van der Waals surface area contributed by atoms with Gasteiger partial charge in [-0.25, -0.2) is 0 Å². The van der Waals surface area contributed by atoms with E-state index >= 15 is 0 Å². The van der Waals surface area contributed by atoms with Gasteiger partial charge in [-0.15, -0.1) is 0 Å². The molecule has 0 spiro atoms. The second kappa shape index (κ2) is 12.5. The smallest absolute Gasteiger partial charge is 0.0547 e. The van der Waals surface area contributed by atoms with E-state index in [1.807, 2.05) is 0 Å². The fourth-order valence-corrected chi connectivity index (χ4v) is 7.97. The molecule has 0 aliphatic rings. The van der Waals surface area contributed by atoms with E-state index in [1.54, 1.807) is 0 Å². The van der Waals surface area contributed by atoms with Crippen LogP contribution in [0, 0.1) is 0 Å². The fourth-order valence-electron chi connectivity index (χ4n) is 7.97. The van der Waals surface area contributed by atoms with Gasteiger partial charge >= 0.3 is 0 Å². The lowest BCUT2D eigenvalue weighted by molar-refractivity contribution is 1.18. The Bertz CT molecular complexity index is 2900. The third kappa shape index (κ3) is 5.04. The lowest BCUT2D eigenvalue weighted by Gasteiger charge is -2.26. The number of hydrogen-bond acceptors (Lipinski definition) is 1. The van der Waals surface area contributed by atoms with Crippen LogP contribution in [0.3, 0.4) is 0 Å². The average molecular weight is 663 g/mol. The molecular weight excluding hydrogens is 629 g/mol. The maximum absolute atomic E-state index is 2.38. The Morgan fingerprint density at radius 1 is 0.327 bits per heavy atom. The predicted molar refractivity (Wildman–Crippen MR) is 221 cm³/mol. The van der Waals surface area contributed by atoms with Gasteiger partial charge in [-0.2, -0.15) is 0 Å². The third-order valence-corrected chi connectivity index (χ3v) is 10.3. The quantitative estimate of drug-likeness (QED) is 0.161. The van der Waals surface area contributed by atoms with E-state index in [4.69, 9.17) is 0 Å². The van der Waals surface area contributed by atoms with Crippen molar-refractivity contribution in [2.45, 2.75) is 0 Å². The molecule has 0 atom stereocenters. The minimum absolute atomic E-state index is 1.11. The first-order chi connectivity index (χ1) is 25.8. The highest BCUT2D eigenvalue weighted by Crippen LogP contribution is 2.41. The summed E-state index contributed by atoms with van der Waals surface area (Å²) in [4.78, 5) is 2.36. The van der Waals surface area contributed by atoms with Gasteiger partial charge in [0.1, 0.15) is 0 Å². The first kappa shape index (κ1) is 30.0. The molecule has 0 unspecified atom stereocenters. The Morgan fingerprint density at radius 2 is 0.923 bits per heavy atom. The molecule has 0 N–H and O–H groups in total. The van der Waals surface area contributed by atoms with Crippen LogP contribution in [0.25, 0.3) is 71.3 Å². The van der Waals surface area contributed by atoms with Gasteiger partial charge < -0.3 is 9.47 Å². The zero-order chi connectivity index (χ0) is 34.4. The van der Waals surface area contributed by atoms with Crippen LogP contribution in [0.4, 0.5) is 17.1 Å². The lowest BCUT2D eigenvalue weighted by atomic mass is 9.95. The molecular formula is C50H34N2. The normalized spacial score (nSPS) is 11.5. The number of rotatable bonds is 6. The van der Waals surface area contributed by atoms with Crippen LogP contribution in [0.1, 0.15) is 0 Å². The zero-order valence-corrected chi connectivity index (χ0v) is 28.5. The van der Waals surface area contributed by atoms with Gasteiger partial charge in [-0.1, -0.05) is 140 Å². The van der Waals surface area contributed by atoms with Crippen LogP contribution in [0.5, 0.6) is 0 Å². The van der Waals surface area contributed by atoms with Crippen LogP contribution in [-0.2, 0) is 0 Å². The van der Waals surface area contributed by atoms with Crippen molar-refractivity contribution in [3.8, 4) is 27.9 Å². The first-order valence-electron chi connectivity index (χ1n) is 17.9. The standard InChI is InChI=1S/C50H34N2/c1-3-18-40(19-4-1)51(43-30-31-45-39(34-43)29-28-35-14-7-8-23-44(35)45)42-22-12-16-37(33-42)36-15-11-17-38(32-36)46-25-13-27-49-50(46)47-24-9-10-26-48(47)52(49)41-20-5-2-6-21-41/h1-34H. The summed E-state index contributed by atoms with van der Waals surface area (Å²) in [5.41, 5.74) is 11.7. The molecule has 52 heavy (non-hydrogen) atoms. The molecule has 0 aliphatic heterocycles. The summed E-state index contributed by atoms with van der Waals surface area (Å²) in [6, 6.07) is 74.6. The van der Waals surface area contributed by atoms with Crippen LogP contribution in [-0.4, -0.2) is 4.57 Å². The van der Waals surface area contributed by atoms with Crippen molar-refractivity contribution >= 4 is 60.4 Å². The second-order valence-electron chi connectivity index (χ2n) is 13.4. The molecule has 0 saturated carbocycles. The van der Waals surface area contributed by atoms with E-state index in [9.17, 15) is 0 Å². The summed E-state index contributed by atoms with van der Waals surface area (Å²) in [7, 11) is 0. The summed E-state index contributed by atoms with van der Waals surface area (Å²) < 4.78 is 2.38. The Balaban J connectivity index is 1.09. The van der Waals surface area contributed by atoms with Crippen molar-refractivity contribution in [1.29, 1.82) is 0 Å². The van der Waals surface area contributed by atoms with E-state index in [0.29, 0.717) is 0 Å². The highest BCUT2D eigenvalue weighted by atomic mass is 15.1. The second-order valence-corrected chi connectivity index (χ2v) is 13.4. The van der Waals surface area contributed by atoms with E-state index < -0.39 is 0 Å². The monoisotopic (exact) mass is 662 g/mol. The average Bonchev–Trinajstić information content (AvgIpc) is 3.56. The minimum Gasteiger partial charge on any atom is -0.310 e. The van der Waals surface area contributed by atoms with Crippen molar-refractivity contribution < 1.29 is 0 Å². The summed E-state index contributed by atoms with van der Waals surface area (Å²) >= 11 is 0. The summed E-state index contributed by atoms with van der Waals surface area (Å²) in [5.74, 6) is 0. The molecule has 0 bridgehead atoms. The molecule has 0 amide bonds.